The summed E-state index contributed by atoms with van der Waals surface area (Å²) in [6, 6.07) is 14.0. The first-order chi connectivity index (χ1) is 12.8. The van der Waals surface area contributed by atoms with Crippen LogP contribution in [0.25, 0.3) is 0 Å². The van der Waals surface area contributed by atoms with E-state index in [-0.39, 0.29) is 5.91 Å². The number of amides is 1. The van der Waals surface area contributed by atoms with Crippen LogP contribution in [0, 0.1) is 0 Å². The molecule has 0 radical (unpaired) electrons. The van der Waals surface area contributed by atoms with E-state index in [2.05, 4.69) is 37.6 Å². The molecule has 0 fully saturated rings. The van der Waals surface area contributed by atoms with Crippen molar-refractivity contribution in [3.63, 3.8) is 0 Å². The van der Waals surface area contributed by atoms with Gasteiger partial charge in [-0.2, -0.15) is 0 Å². The first-order valence-corrected chi connectivity index (χ1v) is 9.86. The number of primary amides is 1. The minimum absolute atomic E-state index is 0.367. The molecular formula is C22H30ClN3O. The highest BCUT2D eigenvalue weighted by molar-refractivity contribution is 6.31. The zero-order valence-electron chi connectivity index (χ0n) is 16.7. The summed E-state index contributed by atoms with van der Waals surface area (Å²) in [7, 11) is 0. The Balaban J connectivity index is 2.48. The van der Waals surface area contributed by atoms with E-state index in [0.717, 1.165) is 17.8 Å². The second-order valence-corrected chi connectivity index (χ2v) is 8.01. The van der Waals surface area contributed by atoms with Gasteiger partial charge in [0, 0.05) is 42.0 Å². The van der Waals surface area contributed by atoms with Crippen LogP contribution in [0.1, 0.15) is 45.4 Å². The summed E-state index contributed by atoms with van der Waals surface area (Å²) in [6.45, 7) is 9.41. The van der Waals surface area contributed by atoms with Gasteiger partial charge < -0.3 is 5.73 Å². The number of nitrogens with zero attached hydrogens (tertiary/aromatic N) is 2. The molecule has 1 amide bonds. The first-order valence-electron chi connectivity index (χ1n) is 9.48. The Morgan fingerprint density at radius 2 is 1.74 bits per heavy atom. The van der Waals surface area contributed by atoms with E-state index in [9.17, 15) is 4.79 Å². The Morgan fingerprint density at radius 1 is 1.11 bits per heavy atom. The highest BCUT2D eigenvalue weighted by atomic mass is 35.5. The molecule has 0 aliphatic carbocycles. The zero-order chi connectivity index (χ0) is 20.0. The van der Waals surface area contributed by atoms with Crippen LogP contribution >= 0.6 is 11.6 Å². The van der Waals surface area contributed by atoms with Crippen LogP contribution in [0.3, 0.4) is 0 Å². The Hall–Kier alpha value is -1.91. The van der Waals surface area contributed by atoms with E-state index < -0.39 is 5.41 Å². The summed E-state index contributed by atoms with van der Waals surface area (Å²) < 4.78 is 0. The van der Waals surface area contributed by atoms with E-state index in [0.29, 0.717) is 29.9 Å². The predicted molar refractivity (Wildman–Crippen MR) is 112 cm³/mol. The average molecular weight is 388 g/mol. The number of hydrogen-bond acceptors (Lipinski definition) is 3. The van der Waals surface area contributed by atoms with Crippen molar-refractivity contribution in [3.8, 4) is 0 Å². The van der Waals surface area contributed by atoms with Gasteiger partial charge in [-0.05, 0) is 57.9 Å². The molecule has 0 aliphatic rings. The Morgan fingerprint density at radius 3 is 2.26 bits per heavy atom. The lowest BCUT2D eigenvalue weighted by Crippen LogP contribution is -2.48. The van der Waals surface area contributed by atoms with Crippen LogP contribution in [0.2, 0.25) is 5.02 Å². The maximum atomic E-state index is 12.8. The molecule has 0 saturated heterocycles. The molecule has 5 heteroatoms. The number of carbonyl (C=O) groups is 1. The van der Waals surface area contributed by atoms with Gasteiger partial charge in [0.2, 0.25) is 5.91 Å². The second-order valence-electron chi connectivity index (χ2n) is 7.60. The van der Waals surface area contributed by atoms with E-state index in [4.69, 9.17) is 17.3 Å². The van der Waals surface area contributed by atoms with E-state index in [1.54, 1.807) is 6.20 Å². The van der Waals surface area contributed by atoms with Crippen molar-refractivity contribution >= 4 is 17.5 Å². The molecule has 2 aromatic rings. The number of halogens is 1. The number of rotatable bonds is 9. The molecule has 0 bridgehead atoms. The van der Waals surface area contributed by atoms with Crippen molar-refractivity contribution in [1.82, 2.24) is 9.88 Å². The van der Waals surface area contributed by atoms with E-state index in [1.807, 2.05) is 42.5 Å². The molecule has 1 aromatic heterocycles. The van der Waals surface area contributed by atoms with Gasteiger partial charge in [0.15, 0.2) is 0 Å². The number of pyridine rings is 1. The maximum Gasteiger partial charge on any atom is 0.228 e. The fourth-order valence-corrected chi connectivity index (χ4v) is 4.07. The molecule has 1 aromatic carbocycles. The largest absolute Gasteiger partial charge is 0.369 e. The second kappa shape index (κ2) is 9.34. The van der Waals surface area contributed by atoms with Gasteiger partial charge in [-0.1, -0.05) is 35.9 Å². The highest BCUT2D eigenvalue weighted by Crippen LogP contribution is 2.36. The normalized spacial score (nSPS) is 13.9. The number of nitrogens with two attached hydrogens (primary N) is 1. The van der Waals surface area contributed by atoms with Crippen LogP contribution in [0.4, 0.5) is 0 Å². The third-order valence-corrected chi connectivity index (χ3v) is 5.52. The fraction of sp³-hybridized carbons (Fsp3) is 0.455. The lowest BCUT2D eigenvalue weighted by atomic mass is 9.73. The molecule has 4 nitrogen and oxygen atoms in total. The summed E-state index contributed by atoms with van der Waals surface area (Å²) >= 11 is 6.52. The van der Waals surface area contributed by atoms with Gasteiger partial charge >= 0.3 is 0 Å². The molecule has 1 atom stereocenters. The van der Waals surface area contributed by atoms with Crippen LogP contribution < -0.4 is 5.73 Å². The van der Waals surface area contributed by atoms with Crippen LogP contribution in [0.5, 0.6) is 0 Å². The Kier molecular flexibility index (Phi) is 7.40. The lowest BCUT2D eigenvalue weighted by Gasteiger charge is -2.37. The van der Waals surface area contributed by atoms with Crippen molar-refractivity contribution in [2.45, 2.75) is 58.0 Å². The highest BCUT2D eigenvalue weighted by Gasteiger charge is 2.41. The standard InChI is InChI=1S/C22H30ClN3O/c1-16(2)26(17(3)4)14-12-22(21(24)27,15-18-9-7-8-13-25-18)19-10-5-6-11-20(19)23/h5-11,13,16-17H,12,14-15H2,1-4H3,(H2,24,27). The van der Waals surface area contributed by atoms with Crippen molar-refractivity contribution in [2.24, 2.45) is 5.73 Å². The summed E-state index contributed by atoms with van der Waals surface area (Å²) in [6.07, 6.45) is 2.75. The molecule has 0 aliphatic heterocycles. The van der Waals surface area contributed by atoms with Gasteiger partial charge in [-0.15, -0.1) is 0 Å². The van der Waals surface area contributed by atoms with Gasteiger partial charge in [0.25, 0.3) is 0 Å². The van der Waals surface area contributed by atoms with Gasteiger partial charge in [0.05, 0.1) is 5.41 Å². The topological polar surface area (TPSA) is 59.2 Å². The third kappa shape index (κ3) is 5.08. The third-order valence-electron chi connectivity index (χ3n) is 5.19. The summed E-state index contributed by atoms with van der Waals surface area (Å²) in [5.41, 5.74) is 6.71. The van der Waals surface area contributed by atoms with Crippen LogP contribution in [0.15, 0.2) is 48.7 Å². The van der Waals surface area contributed by atoms with E-state index in [1.165, 1.54) is 0 Å². The van der Waals surface area contributed by atoms with Gasteiger partial charge in [-0.3, -0.25) is 14.7 Å². The fourth-order valence-electron chi connectivity index (χ4n) is 3.76. The minimum atomic E-state index is -0.908. The van der Waals surface area contributed by atoms with Crippen LogP contribution in [-0.4, -0.2) is 34.4 Å². The molecular weight excluding hydrogens is 358 g/mol. The molecule has 1 unspecified atom stereocenters. The summed E-state index contributed by atoms with van der Waals surface area (Å²) in [5.74, 6) is -0.367. The van der Waals surface area contributed by atoms with E-state index >= 15 is 0 Å². The molecule has 2 N–H and O–H groups in total. The Bertz CT molecular complexity index is 740. The van der Waals surface area contributed by atoms with Crippen molar-refractivity contribution in [3.05, 3.63) is 64.9 Å². The molecule has 27 heavy (non-hydrogen) atoms. The number of carbonyl (C=O) groups excluding carboxylic acids is 1. The number of hydrogen-bond donors (Lipinski definition) is 1. The van der Waals surface area contributed by atoms with Gasteiger partial charge in [0.1, 0.15) is 0 Å². The zero-order valence-corrected chi connectivity index (χ0v) is 17.4. The van der Waals surface area contributed by atoms with Crippen LogP contribution in [-0.2, 0) is 16.6 Å². The molecule has 2 rings (SSSR count). The van der Waals surface area contributed by atoms with Gasteiger partial charge in [-0.25, -0.2) is 0 Å². The summed E-state index contributed by atoms with van der Waals surface area (Å²) in [4.78, 5) is 19.7. The molecule has 1 heterocycles. The SMILES string of the molecule is CC(C)N(CCC(Cc1ccccn1)(C(N)=O)c1ccccc1Cl)C(C)C. The van der Waals surface area contributed by atoms with Crippen molar-refractivity contribution in [1.29, 1.82) is 0 Å². The molecule has 146 valence electrons. The Labute approximate surface area is 167 Å². The van der Waals surface area contributed by atoms with Crippen molar-refractivity contribution in [2.75, 3.05) is 6.54 Å². The number of benzene rings is 1. The summed E-state index contributed by atoms with van der Waals surface area (Å²) in [5, 5.41) is 0.563. The smallest absolute Gasteiger partial charge is 0.228 e. The van der Waals surface area contributed by atoms with Crippen molar-refractivity contribution < 1.29 is 4.79 Å². The maximum absolute atomic E-state index is 12.8. The monoisotopic (exact) mass is 387 g/mol. The lowest BCUT2D eigenvalue weighted by molar-refractivity contribution is -0.124. The average Bonchev–Trinajstić information content (AvgIpc) is 2.61. The predicted octanol–water partition coefficient (Wildman–Crippen LogP) is 4.21. The molecule has 0 spiro atoms. The first kappa shape index (κ1) is 21.4. The minimum Gasteiger partial charge on any atom is -0.369 e. The quantitative estimate of drug-likeness (QED) is 0.701. The molecule has 0 saturated carbocycles. The number of aromatic nitrogens is 1.